The summed E-state index contributed by atoms with van der Waals surface area (Å²) in [7, 11) is -4.09. The standard InChI is InChI=1S/C15H11F3N4O3S/c16-15(17,18)10-6-9(13-19-14(23)21-20-13)7-11(8-10)22-26(24,25)12-4-2-1-3-5-12/h1-8,22H,(H2,19,20,21,23). The molecule has 0 aliphatic heterocycles. The molecule has 3 rings (SSSR count). The quantitative estimate of drug-likeness (QED) is 0.643. The number of benzene rings is 2. The molecule has 0 saturated heterocycles. The number of aromatic amines is 2. The van der Waals surface area contributed by atoms with Gasteiger partial charge in [-0.1, -0.05) is 18.2 Å². The van der Waals surface area contributed by atoms with E-state index in [0.29, 0.717) is 6.07 Å². The average Bonchev–Trinajstić information content (AvgIpc) is 3.01. The molecule has 1 heterocycles. The predicted octanol–water partition coefficient (Wildman–Crippen LogP) is 2.58. The van der Waals surface area contributed by atoms with Gasteiger partial charge in [0.25, 0.3) is 10.0 Å². The number of H-pyrrole nitrogens is 2. The summed E-state index contributed by atoms with van der Waals surface area (Å²) < 4.78 is 66.2. The SMILES string of the molecule is O=c1[nH]nc(-c2cc(NS(=O)(=O)c3ccccc3)cc(C(F)(F)F)c2)[nH]1. The maximum Gasteiger partial charge on any atom is 0.416 e. The molecule has 0 aliphatic rings. The van der Waals surface area contributed by atoms with Gasteiger partial charge in [0.15, 0.2) is 5.82 Å². The molecule has 0 radical (unpaired) electrons. The molecule has 11 heteroatoms. The van der Waals surface area contributed by atoms with Crippen molar-refractivity contribution in [1.82, 2.24) is 15.2 Å². The van der Waals surface area contributed by atoms with Crippen LogP contribution in [0.25, 0.3) is 11.4 Å². The molecule has 3 N–H and O–H groups in total. The molecule has 0 atom stereocenters. The molecule has 0 aliphatic carbocycles. The second-order valence-electron chi connectivity index (χ2n) is 5.24. The monoisotopic (exact) mass is 384 g/mol. The van der Waals surface area contributed by atoms with E-state index in [0.717, 1.165) is 12.1 Å². The number of hydrogen-bond acceptors (Lipinski definition) is 4. The number of sulfonamides is 1. The summed E-state index contributed by atoms with van der Waals surface area (Å²) >= 11 is 0. The van der Waals surface area contributed by atoms with E-state index in [4.69, 9.17) is 0 Å². The van der Waals surface area contributed by atoms with Crippen molar-refractivity contribution in [3.63, 3.8) is 0 Å². The van der Waals surface area contributed by atoms with Crippen LogP contribution in [0.15, 0.2) is 58.2 Å². The number of hydrogen-bond donors (Lipinski definition) is 3. The highest BCUT2D eigenvalue weighted by atomic mass is 32.2. The third-order valence-electron chi connectivity index (χ3n) is 3.34. The minimum Gasteiger partial charge on any atom is -0.289 e. The van der Waals surface area contributed by atoms with Gasteiger partial charge in [0, 0.05) is 5.56 Å². The maximum atomic E-state index is 13.1. The molecular formula is C15H11F3N4O3S. The summed E-state index contributed by atoms with van der Waals surface area (Å²) in [5, 5.41) is 5.61. The van der Waals surface area contributed by atoms with E-state index in [2.05, 4.69) is 14.8 Å². The van der Waals surface area contributed by atoms with E-state index in [9.17, 15) is 26.4 Å². The van der Waals surface area contributed by atoms with Crippen LogP contribution in [0, 0.1) is 0 Å². The number of anilines is 1. The molecule has 2 aromatic carbocycles. The molecule has 0 bridgehead atoms. The van der Waals surface area contributed by atoms with Crippen molar-refractivity contribution in [3.8, 4) is 11.4 Å². The van der Waals surface area contributed by atoms with Crippen LogP contribution in [0.2, 0.25) is 0 Å². The lowest BCUT2D eigenvalue weighted by Gasteiger charge is -2.13. The van der Waals surface area contributed by atoms with Crippen molar-refractivity contribution in [2.45, 2.75) is 11.1 Å². The second-order valence-corrected chi connectivity index (χ2v) is 6.92. The van der Waals surface area contributed by atoms with Gasteiger partial charge in [-0.2, -0.15) is 18.3 Å². The van der Waals surface area contributed by atoms with Gasteiger partial charge in [-0.3, -0.25) is 9.71 Å². The van der Waals surface area contributed by atoms with Gasteiger partial charge >= 0.3 is 11.9 Å². The third kappa shape index (κ3) is 3.77. The van der Waals surface area contributed by atoms with E-state index >= 15 is 0 Å². The summed E-state index contributed by atoms with van der Waals surface area (Å²) in [6, 6.07) is 9.75. The summed E-state index contributed by atoms with van der Waals surface area (Å²) in [4.78, 5) is 13.3. The van der Waals surface area contributed by atoms with Crippen LogP contribution in [0.4, 0.5) is 18.9 Å². The van der Waals surface area contributed by atoms with Gasteiger partial charge in [-0.25, -0.2) is 18.3 Å². The Hall–Kier alpha value is -3.08. The normalized spacial score (nSPS) is 12.1. The van der Waals surface area contributed by atoms with Crippen LogP contribution in [0.5, 0.6) is 0 Å². The zero-order valence-corrected chi connectivity index (χ0v) is 13.6. The molecule has 7 nitrogen and oxygen atoms in total. The van der Waals surface area contributed by atoms with Gasteiger partial charge < -0.3 is 0 Å². The van der Waals surface area contributed by atoms with Crippen molar-refractivity contribution in [3.05, 3.63) is 64.6 Å². The van der Waals surface area contributed by atoms with Crippen molar-refractivity contribution < 1.29 is 21.6 Å². The topological polar surface area (TPSA) is 108 Å². The van der Waals surface area contributed by atoms with Gasteiger partial charge in [0.1, 0.15) is 0 Å². The van der Waals surface area contributed by atoms with Crippen LogP contribution in [-0.4, -0.2) is 23.6 Å². The van der Waals surface area contributed by atoms with Crippen LogP contribution >= 0.6 is 0 Å². The fourth-order valence-corrected chi connectivity index (χ4v) is 3.27. The van der Waals surface area contributed by atoms with Crippen molar-refractivity contribution >= 4 is 15.7 Å². The number of aromatic nitrogens is 3. The Labute approximate surface area is 144 Å². The molecule has 0 spiro atoms. The molecule has 0 unspecified atom stereocenters. The van der Waals surface area contributed by atoms with Gasteiger partial charge in [-0.05, 0) is 30.3 Å². The molecule has 1 aromatic heterocycles. The lowest BCUT2D eigenvalue weighted by molar-refractivity contribution is -0.137. The average molecular weight is 384 g/mol. The van der Waals surface area contributed by atoms with Crippen LogP contribution in [0.3, 0.4) is 0 Å². The van der Waals surface area contributed by atoms with Gasteiger partial charge in [-0.15, -0.1) is 0 Å². The number of alkyl halides is 3. The number of nitrogens with one attached hydrogen (secondary N) is 3. The smallest absolute Gasteiger partial charge is 0.289 e. The highest BCUT2D eigenvalue weighted by Gasteiger charge is 2.32. The second kappa shape index (κ2) is 6.33. The lowest BCUT2D eigenvalue weighted by Crippen LogP contribution is -2.14. The molecule has 3 aromatic rings. The highest BCUT2D eigenvalue weighted by molar-refractivity contribution is 7.92. The zero-order valence-electron chi connectivity index (χ0n) is 12.8. The van der Waals surface area contributed by atoms with Crippen LogP contribution < -0.4 is 10.4 Å². The van der Waals surface area contributed by atoms with Crippen molar-refractivity contribution in [2.24, 2.45) is 0 Å². The van der Waals surface area contributed by atoms with E-state index < -0.39 is 27.5 Å². The molecular weight excluding hydrogens is 373 g/mol. The molecule has 136 valence electrons. The van der Waals surface area contributed by atoms with E-state index in [-0.39, 0.29) is 22.0 Å². The Kier molecular flexibility index (Phi) is 4.32. The Bertz CT molecular complexity index is 1090. The van der Waals surface area contributed by atoms with Crippen LogP contribution in [-0.2, 0) is 16.2 Å². The number of rotatable bonds is 4. The first kappa shape index (κ1) is 17.7. The summed E-state index contributed by atoms with van der Waals surface area (Å²) in [6.45, 7) is 0. The van der Waals surface area contributed by atoms with Crippen molar-refractivity contribution in [2.75, 3.05) is 4.72 Å². The minimum absolute atomic E-state index is 0.105. The van der Waals surface area contributed by atoms with Crippen LogP contribution in [0.1, 0.15) is 5.56 Å². The zero-order chi connectivity index (χ0) is 18.9. The van der Waals surface area contributed by atoms with E-state index in [1.54, 1.807) is 6.07 Å². The van der Waals surface area contributed by atoms with Crippen molar-refractivity contribution in [1.29, 1.82) is 0 Å². The minimum atomic E-state index is -4.72. The summed E-state index contributed by atoms with van der Waals surface area (Å²) in [5.41, 5.74) is -2.22. The Balaban J connectivity index is 2.08. The Morgan fingerprint density at radius 2 is 1.73 bits per heavy atom. The highest BCUT2D eigenvalue weighted by Crippen LogP contribution is 2.34. The largest absolute Gasteiger partial charge is 0.416 e. The fourth-order valence-electron chi connectivity index (χ4n) is 2.21. The Morgan fingerprint density at radius 1 is 1.04 bits per heavy atom. The first-order chi connectivity index (χ1) is 12.1. The molecule has 0 fully saturated rings. The molecule has 0 saturated carbocycles. The fraction of sp³-hybridized carbons (Fsp3) is 0.0667. The first-order valence-electron chi connectivity index (χ1n) is 7.10. The van der Waals surface area contributed by atoms with E-state index in [1.807, 2.05) is 5.10 Å². The van der Waals surface area contributed by atoms with Gasteiger partial charge in [0.05, 0.1) is 16.1 Å². The van der Waals surface area contributed by atoms with Gasteiger partial charge in [0.2, 0.25) is 0 Å². The lowest BCUT2D eigenvalue weighted by atomic mass is 10.1. The summed E-state index contributed by atoms with van der Waals surface area (Å²) in [5.74, 6) is -0.152. The van der Waals surface area contributed by atoms with E-state index in [1.165, 1.54) is 24.3 Å². The predicted molar refractivity (Wildman–Crippen MR) is 86.9 cm³/mol. The third-order valence-corrected chi connectivity index (χ3v) is 4.74. The maximum absolute atomic E-state index is 13.1. The number of halogens is 3. The molecule has 26 heavy (non-hydrogen) atoms. The summed E-state index contributed by atoms with van der Waals surface area (Å²) in [6.07, 6.45) is -4.72. The first-order valence-corrected chi connectivity index (χ1v) is 8.59. The number of nitrogens with zero attached hydrogens (tertiary/aromatic N) is 1. The Morgan fingerprint density at radius 3 is 2.31 bits per heavy atom. The molecule has 0 amide bonds.